The highest BCUT2D eigenvalue weighted by atomic mass is 35.5. The lowest BCUT2D eigenvalue weighted by Gasteiger charge is -2.34. The van der Waals surface area contributed by atoms with Crippen LogP contribution in [0.25, 0.3) is 0 Å². The van der Waals surface area contributed by atoms with E-state index in [-0.39, 0.29) is 0 Å². The van der Waals surface area contributed by atoms with E-state index in [2.05, 4.69) is 11.0 Å². The molecule has 17 heavy (non-hydrogen) atoms. The van der Waals surface area contributed by atoms with Gasteiger partial charge in [-0.15, -0.1) is 0 Å². The predicted molar refractivity (Wildman–Crippen MR) is 70.2 cm³/mol. The van der Waals surface area contributed by atoms with Crippen molar-refractivity contribution in [3.63, 3.8) is 0 Å². The van der Waals surface area contributed by atoms with Crippen LogP contribution in [0.5, 0.6) is 0 Å². The summed E-state index contributed by atoms with van der Waals surface area (Å²) < 4.78 is 0. The minimum atomic E-state index is 0.551. The molecule has 1 aromatic carbocycles. The molecule has 4 heteroatoms. The fourth-order valence-corrected chi connectivity index (χ4v) is 2.61. The van der Waals surface area contributed by atoms with Crippen LogP contribution < -0.4 is 10.6 Å². The Balaban J connectivity index is 2.19. The summed E-state index contributed by atoms with van der Waals surface area (Å²) in [6.07, 6.45) is 2.35. The third kappa shape index (κ3) is 2.71. The third-order valence-electron chi connectivity index (χ3n) is 3.27. The fraction of sp³-hybridized carbons (Fsp3) is 0.462. The normalized spacial score (nSPS) is 20.1. The highest BCUT2D eigenvalue weighted by molar-refractivity contribution is 6.33. The van der Waals surface area contributed by atoms with Gasteiger partial charge in [0.2, 0.25) is 0 Å². The summed E-state index contributed by atoms with van der Waals surface area (Å²) in [5, 5.41) is 9.46. The molecule has 1 aliphatic heterocycles. The van der Waals surface area contributed by atoms with E-state index in [1.54, 1.807) is 6.07 Å². The van der Waals surface area contributed by atoms with E-state index in [0.717, 1.165) is 31.7 Å². The maximum atomic E-state index is 8.80. The first-order chi connectivity index (χ1) is 8.24. The standard InChI is InChI=1S/C13H16ClN3/c14-12-6-10(7-15)3-4-13(12)17-5-1-2-11(8-16)9-17/h3-4,6,11H,1-2,5,8-9,16H2. The van der Waals surface area contributed by atoms with Crippen molar-refractivity contribution in [1.29, 1.82) is 5.26 Å². The molecule has 1 fully saturated rings. The van der Waals surface area contributed by atoms with E-state index in [0.29, 0.717) is 16.5 Å². The van der Waals surface area contributed by atoms with Gasteiger partial charge in [-0.3, -0.25) is 0 Å². The molecule has 1 aliphatic rings. The zero-order chi connectivity index (χ0) is 12.3. The van der Waals surface area contributed by atoms with E-state index in [9.17, 15) is 0 Å². The molecule has 1 unspecified atom stereocenters. The molecule has 3 nitrogen and oxygen atoms in total. The Morgan fingerprint density at radius 3 is 3.00 bits per heavy atom. The maximum absolute atomic E-state index is 8.80. The molecule has 2 rings (SSSR count). The van der Waals surface area contributed by atoms with Crippen molar-refractivity contribution in [3.05, 3.63) is 28.8 Å². The largest absolute Gasteiger partial charge is 0.370 e. The molecule has 1 heterocycles. The van der Waals surface area contributed by atoms with E-state index >= 15 is 0 Å². The Morgan fingerprint density at radius 2 is 2.35 bits per heavy atom. The molecule has 2 N–H and O–H groups in total. The molecule has 1 saturated heterocycles. The number of halogens is 1. The van der Waals surface area contributed by atoms with Crippen LogP contribution in [0.2, 0.25) is 5.02 Å². The number of hydrogen-bond donors (Lipinski definition) is 1. The SMILES string of the molecule is N#Cc1ccc(N2CCCC(CN)C2)c(Cl)c1. The van der Waals surface area contributed by atoms with E-state index in [1.165, 1.54) is 6.42 Å². The number of anilines is 1. The van der Waals surface area contributed by atoms with Gasteiger partial charge in [0, 0.05) is 13.1 Å². The predicted octanol–water partition coefficient (Wildman–Crippen LogP) is 2.39. The Labute approximate surface area is 107 Å². The van der Waals surface area contributed by atoms with Crippen LogP contribution in [0.1, 0.15) is 18.4 Å². The number of benzene rings is 1. The number of nitriles is 1. The van der Waals surface area contributed by atoms with Gasteiger partial charge in [-0.1, -0.05) is 11.6 Å². The maximum Gasteiger partial charge on any atom is 0.0992 e. The van der Waals surface area contributed by atoms with Crippen LogP contribution in [0.4, 0.5) is 5.69 Å². The minimum Gasteiger partial charge on any atom is -0.370 e. The number of rotatable bonds is 2. The molecule has 0 aromatic heterocycles. The summed E-state index contributed by atoms with van der Waals surface area (Å²) in [7, 11) is 0. The van der Waals surface area contributed by atoms with Gasteiger partial charge in [0.1, 0.15) is 0 Å². The van der Waals surface area contributed by atoms with Crippen LogP contribution in [0.15, 0.2) is 18.2 Å². The van der Waals surface area contributed by atoms with E-state index in [4.69, 9.17) is 22.6 Å². The summed E-state index contributed by atoms with van der Waals surface area (Å²) in [5.74, 6) is 0.551. The van der Waals surface area contributed by atoms with Crippen molar-refractivity contribution >= 4 is 17.3 Å². The summed E-state index contributed by atoms with van der Waals surface area (Å²) in [6.45, 7) is 2.70. The monoisotopic (exact) mass is 249 g/mol. The lowest BCUT2D eigenvalue weighted by molar-refractivity contribution is 0.423. The molecule has 0 bridgehead atoms. The molecule has 0 amide bonds. The number of piperidine rings is 1. The average molecular weight is 250 g/mol. The van der Waals surface area contributed by atoms with Gasteiger partial charge in [-0.2, -0.15) is 5.26 Å². The number of nitrogens with two attached hydrogens (primary N) is 1. The lowest BCUT2D eigenvalue weighted by Crippen LogP contribution is -2.38. The summed E-state index contributed by atoms with van der Waals surface area (Å²) in [5.41, 5.74) is 7.34. The van der Waals surface area contributed by atoms with Gasteiger partial charge in [0.05, 0.1) is 22.3 Å². The van der Waals surface area contributed by atoms with Crippen molar-refractivity contribution in [2.75, 3.05) is 24.5 Å². The van der Waals surface area contributed by atoms with Gasteiger partial charge in [-0.05, 0) is 43.5 Å². The van der Waals surface area contributed by atoms with Crippen LogP contribution in [-0.4, -0.2) is 19.6 Å². The first-order valence-electron chi connectivity index (χ1n) is 5.89. The van der Waals surface area contributed by atoms with Gasteiger partial charge >= 0.3 is 0 Å². The van der Waals surface area contributed by atoms with Crippen LogP contribution in [-0.2, 0) is 0 Å². The van der Waals surface area contributed by atoms with Crippen molar-refractivity contribution in [3.8, 4) is 6.07 Å². The van der Waals surface area contributed by atoms with Gasteiger partial charge in [0.25, 0.3) is 0 Å². The first-order valence-corrected chi connectivity index (χ1v) is 6.27. The summed E-state index contributed by atoms with van der Waals surface area (Å²) >= 11 is 6.21. The topological polar surface area (TPSA) is 53.0 Å². The second kappa shape index (κ2) is 5.39. The van der Waals surface area contributed by atoms with Crippen molar-refractivity contribution in [2.24, 2.45) is 11.7 Å². The molecular formula is C13H16ClN3. The number of hydrogen-bond acceptors (Lipinski definition) is 3. The van der Waals surface area contributed by atoms with Crippen molar-refractivity contribution in [2.45, 2.75) is 12.8 Å². The number of nitrogens with zero attached hydrogens (tertiary/aromatic N) is 2. The molecule has 1 atom stereocenters. The highest BCUT2D eigenvalue weighted by Crippen LogP contribution is 2.30. The van der Waals surface area contributed by atoms with Gasteiger partial charge < -0.3 is 10.6 Å². The first kappa shape index (κ1) is 12.2. The smallest absolute Gasteiger partial charge is 0.0992 e. The minimum absolute atomic E-state index is 0.551. The van der Waals surface area contributed by atoms with Gasteiger partial charge in [-0.25, -0.2) is 0 Å². The zero-order valence-electron chi connectivity index (χ0n) is 9.69. The Hall–Kier alpha value is -1.24. The second-order valence-electron chi connectivity index (χ2n) is 4.47. The van der Waals surface area contributed by atoms with Crippen molar-refractivity contribution in [1.82, 2.24) is 0 Å². The quantitative estimate of drug-likeness (QED) is 0.876. The molecule has 1 aromatic rings. The lowest BCUT2D eigenvalue weighted by atomic mass is 9.97. The second-order valence-corrected chi connectivity index (χ2v) is 4.88. The van der Waals surface area contributed by atoms with E-state index < -0.39 is 0 Å². The Morgan fingerprint density at radius 1 is 1.53 bits per heavy atom. The molecule has 90 valence electrons. The third-order valence-corrected chi connectivity index (χ3v) is 3.57. The fourth-order valence-electron chi connectivity index (χ4n) is 2.31. The molecule has 0 saturated carbocycles. The molecular weight excluding hydrogens is 234 g/mol. The van der Waals surface area contributed by atoms with Crippen molar-refractivity contribution < 1.29 is 0 Å². The molecule has 0 aliphatic carbocycles. The van der Waals surface area contributed by atoms with Crippen LogP contribution >= 0.6 is 11.6 Å². The van der Waals surface area contributed by atoms with Crippen LogP contribution in [0.3, 0.4) is 0 Å². The average Bonchev–Trinajstić information content (AvgIpc) is 2.38. The molecule has 0 spiro atoms. The van der Waals surface area contributed by atoms with Crippen LogP contribution in [0, 0.1) is 17.2 Å². The highest BCUT2D eigenvalue weighted by Gasteiger charge is 2.20. The summed E-state index contributed by atoms with van der Waals surface area (Å²) in [4.78, 5) is 2.27. The van der Waals surface area contributed by atoms with Gasteiger partial charge in [0.15, 0.2) is 0 Å². The Bertz CT molecular complexity index is 439. The summed E-state index contributed by atoms with van der Waals surface area (Å²) in [6, 6.07) is 7.56. The Kier molecular flexibility index (Phi) is 3.88. The van der Waals surface area contributed by atoms with E-state index in [1.807, 2.05) is 12.1 Å². The molecule has 0 radical (unpaired) electrons. The zero-order valence-corrected chi connectivity index (χ0v) is 10.5.